The first-order valence-electron chi connectivity index (χ1n) is 9.67. The highest BCUT2D eigenvalue weighted by Gasteiger charge is 2.19. The number of aliphatic hydroxyl groups is 1. The molecule has 0 aliphatic carbocycles. The van der Waals surface area contributed by atoms with Crippen LogP contribution in [-0.4, -0.2) is 48.6 Å². The van der Waals surface area contributed by atoms with E-state index in [1.54, 1.807) is 13.8 Å². The Morgan fingerprint density at radius 3 is 1.96 bits per heavy atom. The summed E-state index contributed by atoms with van der Waals surface area (Å²) in [6.45, 7) is 21.2. The van der Waals surface area contributed by atoms with Gasteiger partial charge in [0.2, 0.25) is 0 Å². The number of ether oxygens (including phenoxy) is 2. The Kier molecular flexibility index (Phi) is 21.1. The van der Waals surface area contributed by atoms with Crippen molar-refractivity contribution in [3.63, 3.8) is 0 Å². The lowest BCUT2D eigenvalue weighted by molar-refractivity contribution is -0.159. The zero-order valence-corrected chi connectivity index (χ0v) is 18.4. The topological polar surface area (TPSA) is 67.8 Å². The molecule has 0 heterocycles. The number of aliphatic hydroxyl groups excluding tert-OH is 1. The number of esters is 1. The first kappa shape index (κ1) is 29.1. The van der Waals surface area contributed by atoms with Crippen LogP contribution in [0.15, 0.2) is 0 Å². The lowest BCUT2D eigenvalue weighted by atomic mass is 10.1. The number of rotatable bonds is 10. The molecule has 0 aromatic heterocycles. The summed E-state index contributed by atoms with van der Waals surface area (Å²) in [7, 11) is 0. The van der Waals surface area contributed by atoms with Gasteiger partial charge in [-0.25, -0.2) is 4.79 Å². The van der Waals surface area contributed by atoms with Crippen LogP contribution in [0.25, 0.3) is 0 Å². The second kappa shape index (κ2) is 18.2. The third-order valence-corrected chi connectivity index (χ3v) is 2.94. The Morgan fingerprint density at radius 1 is 1.08 bits per heavy atom. The molecule has 0 aromatic rings. The molecule has 0 saturated heterocycles. The fraction of sp³-hybridized carbons (Fsp3) is 0.950. The van der Waals surface area contributed by atoms with Crippen molar-refractivity contribution in [1.29, 1.82) is 0 Å². The van der Waals surface area contributed by atoms with Gasteiger partial charge in [-0.15, -0.1) is 0 Å². The first-order chi connectivity index (χ1) is 11.5. The van der Waals surface area contributed by atoms with Crippen molar-refractivity contribution in [3.8, 4) is 0 Å². The van der Waals surface area contributed by atoms with Gasteiger partial charge in [0.1, 0.15) is 6.61 Å². The highest BCUT2D eigenvalue weighted by Crippen LogP contribution is 2.13. The minimum Gasteiger partial charge on any atom is -0.461 e. The van der Waals surface area contributed by atoms with Crippen LogP contribution in [-0.2, 0) is 14.3 Å². The standard InChI is InChI=1S/C10H20O4.C8H19N.C2H6/c1-8(2)14-9(12)7-13-10(3,4)5-6-11;1-7(2)5-6-9-8(3)4;1-2/h8,11H,5-7H2,1-4H3;7-9H,5-6H2,1-4H3;1-2H3. The van der Waals surface area contributed by atoms with Crippen LogP contribution in [0.5, 0.6) is 0 Å². The van der Waals surface area contributed by atoms with Crippen LogP contribution >= 0.6 is 0 Å². The molecule has 5 nitrogen and oxygen atoms in total. The van der Waals surface area contributed by atoms with E-state index in [2.05, 4.69) is 33.0 Å². The van der Waals surface area contributed by atoms with E-state index in [9.17, 15) is 4.79 Å². The van der Waals surface area contributed by atoms with Gasteiger partial charge < -0.3 is 19.9 Å². The highest BCUT2D eigenvalue weighted by atomic mass is 16.6. The molecule has 0 rings (SSSR count). The molecular formula is C20H45NO4. The van der Waals surface area contributed by atoms with E-state index in [4.69, 9.17) is 14.6 Å². The highest BCUT2D eigenvalue weighted by molar-refractivity contribution is 5.70. The lowest BCUT2D eigenvalue weighted by Crippen LogP contribution is -2.30. The molecule has 2 N–H and O–H groups in total. The van der Waals surface area contributed by atoms with Gasteiger partial charge in [0.15, 0.2) is 0 Å². The molecule has 0 aromatic carbocycles. The number of hydrogen-bond donors (Lipinski definition) is 2. The summed E-state index contributed by atoms with van der Waals surface area (Å²) < 4.78 is 10.2. The van der Waals surface area contributed by atoms with Gasteiger partial charge in [-0.1, -0.05) is 41.5 Å². The van der Waals surface area contributed by atoms with Crippen LogP contribution in [0.1, 0.15) is 82.1 Å². The molecule has 5 heteroatoms. The Labute approximate surface area is 156 Å². The van der Waals surface area contributed by atoms with Crippen molar-refractivity contribution in [2.75, 3.05) is 19.8 Å². The molecule has 0 bridgehead atoms. The Morgan fingerprint density at radius 2 is 1.60 bits per heavy atom. The van der Waals surface area contributed by atoms with Gasteiger partial charge in [0, 0.05) is 12.6 Å². The number of hydrogen-bond acceptors (Lipinski definition) is 5. The summed E-state index contributed by atoms with van der Waals surface area (Å²) in [5, 5.41) is 12.1. The fourth-order valence-corrected chi connectivity index (χ4v) is 1.55. The van der Waals surface area contributed by atoms with E-state index in [1.165, 1.54) is 6.42 Å². The average Bonchev–Trinajstić information content (AvgIpc) is 2.46. The maximum atomic E-state index is 11.1. The van der Waals surface area contributed by atoms with Crippen LogP contribution in [0.2, 0.25) is 0 Å². The van der Waals surface area contributed by atoms with E-state index < -0.39 is 5.60 Å². The molecule has 0 spiro atoms. The maximum absolute atomic E-state index is 11.1. The average molecular weight is 364 g/mol. The minimum absolute atomic E-state index is 0.0478. The summed E-state index contributed by atoms with van der Waals surface area (Å²) in [6, 6.07) is 0.642. The molecule has 0 fully saturated rings. The summed E-state index contributed by atoms with van der Waals surface area (Å²) in [5.41, 5.74) is -0.481. The summed E-state index contributed by atoms with van der Waals surface area (Å²) >= 11 is 0. The summed E-state index contributed by atoms with van der Waals surface area (Å²) in [4.78, 5) is 11.1. The smallest absolute Gasteiger partial charge is 0.332 e. The molecule has 0 radical (unpaired) electrons. The number of carbonyl (C=O) groups excluding carboxylic acids is 1. The van der Waals surface area contributed by atoms with Crippen molar-refractivity contribution in [2.45, 2.75) is 99.8 Å². The normalized spacial score (nSPS) is 11.0. The summed E-state index contributed by atoms with van der Waals surface area (Å²) in [6.07, 6.45) is 1.67. The molecular weight excluding hydrogens is 318 g/mol. The van der Waals surface area contributed by atoms with Crippen molar-refractivity contribution < 1.29 is 19.4 Å². The first-order valence-corrected chi connectivity index (χ1v) is 9.67. The SMILES string of the molecule is CC.CC(C)CCNC(C)C.CC(C)OC(=O)COC(C)(C)CCO. The lowest BCUT2D eigenvalue weighted by Gasteiger charge is -2.23. The van der Waals surface area contributed by atoms with Crippen molar-refractivity contribution in [2.24, 2.45) is 5.92 Å². The zero-order valence-electron chi connectivity index (χ0n) is 18.4. The molecule has 0 unspecified atom stereocenters. The second-order valence-corrected chi connectivity index (χ2v) is 7.35. The molecule has 0 aliphatic heterocycles. The quantitative estimate of drug-likeness (QED) is 0.570. The van der Waals surface area contributed by atoms with Crippen LogP contribution in [0, 0.1) is 5.92 Å². The fourth-order valence-electron chi connectivity index (χ4n) is 1.55. The van der Waals surface area contributed by atoms with E-state index in [0.29, 0.717) is 12.5 Å². The van der Waals surface area contributed by atoms with Gasteiger partial charge >= 0.3 is 5.97 Å². The Hall–Kier alpha value is -0.650. The van der Waals surface area contributed by atoms with Crippen LogP contribution in [0.4, 0.5) is 0 Å². The van der Waals surface area contributed by atoms with Crippen LogP contribution < -0.4 is 5.32 Å². The zero-order chi connectivity index (χ0) is 20.5. The van der Waals surface area contributed by atoms with E-state index >= 15 is 0 Å². The third kappa shape index (κ3) is 28.4. The van der Waals surface area contributed by atoms with E-state index in [1.807, 2.05) is 27.7 Å². The van der Waals surface area contributed by atoms with Gasteiger partial charge in [-0.05, 0) is 53.0 Å². The van der Waals surface area contributed by atoms with Crippen molar-refractivity contribution in [3.05, 3.63) is 0 Å². The second-order valence-electron chi connectivity index (χ2n) is 7.35. The number of nitrogens with one attached hydrogen (secondary N) is 1. The van der Waals surface area contributed by atoms with E-state index in [0.717, 1.165) is 12.5 Å². The molecule has 0 saturated carbocycles. The predicted molar refractivity (Wildman–Crippen MR) is 107 cm³/mol. The molecule has 25 heavy (non-hydrogen) atoms. The molecule has 0 atom stereocenters. The van der Waals surface area contributed by atoms with E-state index in [-0.39, 0.29) is 25.3 Å². The van der Waals surface area contributed by atoms with Gasteiger partial charge in [-0.2, -0.15) is 0 Å². The molecule has 0 amide bonds. The largest absolute Gasteiger partial charge is 0.461 e. The number of carbonyl (C=O) groups is 1. The van der Waals surface area contributed by atoms with Crippen LogP contribution in [0.3, 0.4) is 0 Å². The molecule has 154 valence electrons. The minimum atomic E-state index is -0.481. The monoisotopic (exact) mass is 363 g/mol. The van der Waals surface area contributed by atoms with Gasteiger partial charge in [0.25, 0.3) is 0 Å². The van der Waals surface area contributed by atoms with Gasteiger partial charge in [0.05, 0.1) is 11.7 Å². The Balaban J connectivity index is -0.000000380. The Bertz CT molecular complexity index is 281. The third-order valence-electron chi connectivity index (χ3n) is 2.94. The van der Waals surface area contributed by atoms with Crippen molar-refractivity contribution >= 4 is 5.97 Å². The molecule has 0 aliphatic rings. The van der Waals surface area contributed by atoms with Crippen molar-refractivity contribution in [1.82, 2.24) is 5.32 Å². The predicted octanol–water partition coefficient (Wildman–Crippen LogP) is 4.17. The maximum Gasteiger partial charge on any atom is 0.332 e. The van der Waals surface area contributed by atoms with Gasteiger partial charge in [-0.3, -0.25) is 0 Å². The summed E-state index contributed by atoms with van der Waals surface area (Å²) in [5.74, 6) is 0.460.